The summed E-state index contributed by atoms with van der Waals surface area (Å²) in [5.74, 6) is 0.245. The summed E-state index contributed by atoms with van der Waals surface area (Å²) in [4.78, 5) is 11.3. The maximum Gasteiger partial charge on any atom is 0.373 e. The standard InChI is InChI=1S/C13H12N2O3/c1-9(15-7-3-4-10(15)8-14)11-5-6-12(18-11)13(16)17-2/h3-7,9H,1-2H3. The van der Waals surface area contributed by atoms with Crippen molar-refractivity contribution >= 4 is 5.97 Å². The number of esters is 1. The fourth-order valence-electron chi connectivity index (χ4n) is 1.75. The molecule has 1 unspecified atom stereocenters. The number of carbonyl (C=O) groups excluding carboxylic acids is 1. The summed E-state index contributed by atoms with van der Waals surface area (Å²) in [7, 11) is 1.30. The molecule has 0 aliphatic rings. The molecule has 5 nitrogen and oxygen atoms in total. The molecule has 1 atom stereocenters. The molecule has 0 bridgehead atoms. The molecule has 2 rings (SSSR count). The minimum atomic E-state index is -0.513. The lowest BCUT2D eigenvalue weighted by Gasteiger charge is -2.11. The Morgan fingerprint density at radius 1 is 1.50 bits per heavy atom. The van der Waals surface area contributed by atoms with Gasteiger partial charge >= 0.3 is 5.97 Å². The van der Waals surface area contributed by atoms with E-state index in [1.807, 2.05) is 6.92 Å². The normalized spacial score (nSPS) is 11.8. The first-order valence-electron chi connectivity index (χ1n) is 5.42. The van der Waals surface area contributed by atoms with Gasteiger partial charge in [0.15, 0.2) is 0 Å². The Balaban J connectivity index is 2.30. The van der Waals surface area contributed by atoms with Crippen LogP contribution in [0.3, 0.4) is 0 Å². The average Bonchev–Trinajstić information content (AvgIpc) is 3.05. The van der Waals surface area contributed by atoms with Gasteiger partial charge in [-0.3, -0.25) is 0 Å². The molecule has 0 radical (unpaired) electrons. The summed E-state index contributed by atoms with van der Waals surface area (Å²) in [6.45, 7) is 1.89. The minimum Gasteiger partial charge on any atom is -0.463 e. The van der Waals surface area contributed by atoms with Gasteiger partial charge in [-0.2, -0.15) is 5.26 Å². The molecular weight excluding hydrogens is 232 g/mol. The third-order valence-electron chi connectivity index (χ3n) is 2.74. The fraction of sp³-hybridized carbons (Fsp3) is 0.231. The largest absolute Gasteiger partial charge is 0.463 e. The summed E-state index contributed by atoms with van der Waals surface area (Å²) in [6.07, 6.45) is 1.80. The van der Waals surface area contributed by atoms with Crippen LogP contribution in [0.25, 0.3) is 0 Å². The summed E-state index contributed by atoms with van der Waals surface area (Å²) in [5.41, 5.74) is 0.540. The van der Waals surface area contributed by atoms with Gasteiger partial charge in [0.1, 0.15) is 17.5 Å². The highest BCUT2D eigenvalue weighted by Crippen LogP contribution is 2.22. The number of rotatable bonds is 3. The SMILES string of the molecule is COC(=O)c1ccc(C(C)n2cccc2C#N)o1. The topological polar surface area (TPSA) is 68.2 Å². The van der Waals surface area contributed by atoms with Crippen molar-refractivity contribution in [1.82, 2.24) is 4.57 Å². The Labute approximate surface area is 104 Å². The van der Waals surface area contributed by atoms with Crippen LogP contribution in [0, 0.1) is 11.3 Å². The second-order valence-electron chi connectivity index (χ2n) is 3.78. The quantitative estimate of drug-likeness (QED) is 0.777. The zero-order valence-corrected chi connectivity index (χ0v) is 10.1. The smallest absolute Gasteiger partial charge is 0.373 e. The molecular formula is C13H12N2O3. The molecule has 2 heterocycles. The van der Waals surface area contributed by atoms with E-state index < -0.39 is 5.97 Å². The number of ether oxygens (including phenoxy) is 1. The van der Waals surface area contributed by atoms with E-state index in [4.69, 9.17) is 9.68 Å². The van der Waals surface area contributed by atoms with Gasteiger partial charge < -0.3 is 13.7 Å². The first-order valence-corrected chi connectivity index (χ1v) is 5.42. The van der Waals surface area contributed by atoms with E-state index in [2.05, 4.69) is 10.8 Å². The van der Waals surface area contributed by atoms with E-state index in [1.54, 1.807) is 35.0 Å². The van der Waals surface area contributed by atoms with Crippen molar-refractivity contribution in [3.05, 3.63) is 47.7 Å². The van der Waals surface area contributed by atoms with Crippen molar-refractivity contribution in [1.29, 1.82) is 5.26 Å². The number of nitrogens with zero attached hydrogens (tertiary/aromatic N) is 2. The van der Waals surface area contributed by atoms with Gasteiger partial charge in [0.25, 0.3) is 0 Å². The molecule has 0 saturated carbocycles. The Bertz CT molecular complexity index is 604. The minimum absolute atomic E-state index is 0.157. The number of hydrogen-bond donors (Lipinski definition) is 0. The maximum atomic E-state index is 11.3. The van der Waals surface area contributed by atoms with Crippen LogP contribution < -0.4 is 0 Å². The van der Waals surface area contributed by atoms with Gasteiger partial charge in [0, 0.05) is 6.20 Å². The Kier molecular flexibility index (Phi) is 3.20. The molecule has 0 aromatic carbocycles. The average molecular weight is 244 g/mol. The Morgan fingerprint density at radius 3 is 2.94 bits per heavy atom. The highest BCUT2D eigenvalue weighted by Gasteiger charge is 2.17. The van der Waals surface area contributed by atoms with E-state index in [0.717, 1.165) is 0 Å². The molecule has 5 heteroatoms. The number of nitriles is 1. The van der Waals surface area contributed by atoms with E-state index in [-0.39, 0.29) is 11.8 Å². The maximum absolute atomic E-state index is 11.3. The van der Waals surface area contributed by atoms with Crippen molar-refractivity contribution in [2.75, 3.05) is 7.11 Å². The van der Waals surface area contributed by atoms with Gasteiger partial charge in [-0.1, -0.05) is 0 Å². The molecule has 2 aromatic rings. The molecule has 0 fully saturated rings. The van der Waals surface area contributed by atoms with Crippen LogP contribution in [0.2, 0.25) is 0 Å². The number of aromatic nitrogens is 1. The van der Waals surface area contributed by atoms with Crippen molar-refractivity contribution in [3.63, 3.8) is 0 Å². The lowest BCUT2D eigenvalue weighted by molar-refractivity contribution is 0.0562. The second kappa shape index (κ2) is 4.80. The van der Waals surface area contributed by atoms with Crippen molar-refractivity contribution in [2.24, 2.45) is 0 Å². The third-order valence-corrected chi connectivity index (χ3v) is 2.74. The predicted molar refractivity (Wildman–Crippen MR) is 63.0 cm³/mol. The molecule has 0 saturated heterocycles. The first kappa shape index (κ1) is 12.0. The molecule has 0 N–H and O–H groups in total. The van der Waals surface area contributed by atoms with Gasteiger partial charge in [-0.05, 0) is 31.2 Å². The molecule has 0 amide bonds. The molecule has 0 aliphatic heterocycles. The Hall–Kier alpha value is -2.48. The van der Waals surface area contributed by atoms with E-state index >= 15 is 0 Å². The van der Waals surface area contributed by atoms with Crippen molar-refractivity contribution in [3.8, 4) is 6.07 Å². The molecule has 0 spiro atoms. The number of hydrogen-bond acceptors (Lipinski definition) is 4. The molecule has 0 aliphatic carbocycles. The van der Waals surface area contributed by atoms with Crippen LogP contribution >= 0.6 is 0 Å². The van der Waals surface area contributed by atoms with Crippen LogP contribution in [0.5, 0.6) is 0 Å². The summed E-state index contributed by atoms with van der Waals surface area (Å²) in [6, 6.07) is 8.72. The van der Waals surface area contributed by atoms with E-state index in [1.165, 1.54) is 7.11 Å². The van der Waals surface area contributed by atoms with Crippen LogP contribution in [-0.4, -0.2) is 17.6 Å². The van der Waals surface area contributed by atoms with Crippen molar-refractivity contribution in [2.45, 2.75) is 13.0 Å². The van der Waals surface area contributed by atoms with Gasteiger partial charge in [-0.15, -0.1) is 0 Å². The summed E-state index contributed by atoms with van der Waals surface area (Å²) in [5, 5.41) is 8.96. The van der Waals surface area contributed by atoms with E-state index in [0.29, 0.717) is 11.5 Å². The number of methoxy groups -OCH3 is 1. The second-order valence-corrected chi connectivity index (χ2v) is 3.78. The monoisotopic (exact) mass is 244 g/mol. The van der Waals surface area contributed by atoms with Crippen LogP contribution in [-0.2, 0) is 4.74 Å². The third kappa shape index (κ3) is 2.00. The van der Waals surface area contributed by atoms with Crippen LogP contribution in [0.15, 0.2) is 34.9 Å². The number of carbonyl (C=O) groups is 1. The lowest BCUT2D eigenvalue weighted by Crippen LogP contribution is -2.06. The van der Waals surface area contributed by atoms with Gasteiger partial charge in [0.2, 0.25) is 5.76 Å². The van der Waals surface area contributed by atoms with Crippen LogP contribution in [0.4, 0.5) is 0 Å². The highest BCUT2D eigenvalue weighted by atomic mass is 16.5. The molecule has 18 heavy (non-hydrogen) atoms. The zero-order chi connectivity index (χ0) is 13.1. The molecule has 2 aromatic heterocycles. The predicted octanol–water partition coefficient (Wildman–Crippen LogP) is 2.35. The zero-order valence-electron chi connectivity index (χ0n) is 10.1. The summed E-state index contributed by atoms with van der Waals surface area (Å²) < 4.78 is 11.8. The summed E-state index contributed by atoms with van der Waals surface area (Å²) >= 11 is 0. The first-order chi connectivity index (χ1) is 8.67. The van der Waals surface area contributed by atoms with Crippen molar-refractivity contribution < 1.29 is 13.9 Å². The molecule has 92 valence electrons. The highest BCUT2D eigenvalue weighted by molar-refractivity contribution is 5.86. The van der Waals surface area contributed by atoms with E-state index in [9.17, 15) is 4.79 Å². The number of furan rings is 1. The lowest BCUT2D eigenvalue weighted by atomic mass is 10.2. The fourth-order valence-corrected chi connectivity index (χ4v) is 1.75. The van der Waals surface area contributed by atoms with Crippen LogP contribution in [0.1, 0.15) is 35.0 Å². The Morgan fingerprint density at radius 2 is 2.28 bits per heavy atom. The van der Waals surface area contributed by atoms with Gasteiger partial charge in [0.05, 0.1) is 13.2 Å². The van der Waals surface area contributed by atoms with Gasteiger partial charge in [-0.25, -0.2) is 4.79 Å².